The van der Waals surface area contributed by atoms with Crippen LogP contribution >= 0.6 is 0 Å². The molecule has 3 saturated carbocycles. The molecule has 1 amide bonds. The van der Waals surface area contributed by atoms with Crippen LogP contribution in [-0.2, 0) is 4.79 Å². The Morgan fingerprint density at radius 2 is 1.64 bits per heavy atom. The summed E-state index contributed by atoms with van der Waals surface area (Å²) in [7, 11) is 0. The van der Waals surface area contributed by atoms with E-state index in [1.54, 1.807) is 0 Å². The lowest BCUT2D eigenvalue weighted by Gasteiger charge is -2.54. The summed E-state index contributed by atoms with van der Waals surface area (Å²) in [5.41, 5.74) is 0. The smallest absolute Gasteiger partial charge is 0.217 e. The monoisotopic (exact) mass is 353 g/mol. The molecular formula is C20H35NO4. The highest BCUT2D eigenvalue weighted by Gasteiger charge is 2.53. The Bertz CT molecular complexity index is 484. The quantitative estimate of drug-likeness (QED) is 0.608. The number of fused-ring (bicyclic) bond motifs is 1. The van der Waals surface area contributed by atoms with Gasteiger partial charge in [0.2, 0.25) is 5.91 Å². The zero-order chi connectivity index (χ0) is 18.3. The molecule has 0 radical (unpaired) electrons. The second-order valence-corrected chi connectivity index (χ2v) is 9.03. The van der Waals surface area contributed by atoms with Gasteiger partial charge >= 0.3 is 0 Å². The van der Waals surface area contributed by atoms with E-state index in [1.165, 1.54) is 19.8 Å². The molecule has 0 heterocycles. The van der Waals surface area contributed by atoms with Crippen molar-refractivity contribution in [2.45, 2.75) is 83.6 Å². The molecule has 3 aliphatic rings. The van der Waals surface area contributed by atoms with E-state index in [2.05, 4.69) is 12.2 Å². The van der Waals surface area contributed by atoms with E-state index in [-0.39, 0.29) is 35.6 Å². The van der Waals surface area contributed by atoms with Crippen LogP contribution in [0.5, 0.6) is 0 Å². The first kappa shape index (κ1) is 19.1. The van der Waals surface area contributed by atoms with E-state index in [1.807, 2.05) is 6.92 Å². The van der Waals surface area contributed by atoms with Gasteiger partial charge in [0.15, 0.2) is 0 Å². The number of aliphatic hydroxyl groups is 3. The van der Waals surface area contributed by atoms with Gasteiger partial charge in [0.25, 0.3) is 0 Å². The van der Waals surface area contributed by atoms with Crippen LogP contribution in [0.1, 0.15) is 59.3 Å². The van der Waals surface area contributed by atoms with Gasteiger partial charge in [-0.1, -0.05) is 33.1 Å². The maximum absolute atomic E-state index is 11.6. The van der Waals surface area contributed by atoms with E-state index in [4.69, 9.17) is 0 Å². The third-order valence-electron chi connectivity index (χ3n) is 7.47. The highest BCUT2D eigenvalue weighted by atomic mass is 16.3. The van der Waals surface area contributed by atoms with Crippen molar-refractivity contribution >= 4 is 5.91 Å². The van der Waals surface area contributed by atoms with E-state index >= 15 is 0 Å². The summed E-state index contributed by atoms with van der Waals surface area (Å²) in [5.74, 6) is 0.771. The molecule has 0 saturated heterocycles. The largest absolute Gasteiger partial charge is 0.393 e. The van der Waals surface area contributed by atoms with Crippen LogP contribution in [0.4, 0.5) is 0 Å². The number of hydrogen-bond donors (Lipinski definition) is 4. The van der Waals surface area contributed by atoms with Crippen LogP contribution in [-0.4, -0.2) is 45.6 Å². The van der Waals surface area contributed by atoms with Crippen molar-refractivity contribution < 1.29 is 20.1 Å². The van der Waals surface area contributed by atoms with E-state index in [9.17, 15) is 20.1 Å². The van der Waals surface area contributed by atoms with Gasteiger partial charge in [-0.3, -0.25) is 4.79 Å². The average molecular weight is 354 g/mol. The van der Waals surface area contributed by atoms with Gasteiger partial charge in [-0.2, -0.15) is 0 Å². The fraction of sp³-hybridized carbons (Fsp3) is 0.950. The first-order valence-electron chi connectivity index (χ1n) is 10.1. The predicted octanol–water partition coefficient (Wildman–Crippen LogP) is 1.69. The Balaban J connectivity index is 1.90. The predicted molar refractivity (Wildman–Crippen MR) is 95.6 cm³/mol. The maximum atomic E-state index is 11.6. The van der Waals surface area contributed by atoms with Gasteiger partial charge in [0, 0.05) is 13.0 Å². The Morgan fingerprint density at radius 1 is 0.960 bits per heavy atom. The highest BCUT2D eigenvalue weighted by molar-refractivity contribution is 5.73. The molecule has 3 fully saturated rings. The molecule has 0 bridgehead atoms. The number of carbonyl (C=O) groups excluding carboxylic acids is 1. The third-order valence-corrected chi connectivity index (χ3v) is 7.47. The standard InChI is InChI=1S/C20H35NO4/c1-10-8-15(21-12(3)22)11(2)17(19(10)24)18-14-7-5-4-6-13(14)9-16(23)20(18)25/h10-11,13-20,23-25H,4-9H2,1-3H3,(H,21,22). The number of nitrogens with one attached hydrogen (secondary N) is 1. The molecule has 25 heavy (non-hydrogen) atoms. The molecule has 0 aliphatic heterocycles. The number of rotatable bonds is 2. The number of hydrogen-bond acceptors (Lipinski definition) is 4. The Kier molecular flexibility index (Phi) is 5.76. The lowest BCUT2D eigenvalue weighted by atomic mass is 9.54. The summed E-state index contributed by atoms with van der Waals surface area (Å²) in [5, 5.41) is 35.4. The summed E-state index contributed by atoms with van der Waals surface area (Å²) in [4.78, 5) is 11.6. The van der Waals surface area contributed by atoms with E-state index < -0.39 is 18.3 Å². The Morgan fingerprint density at radius 3 is 2.32 bits per heavy atom. The minimum atomic E-state index is -0.773. The van der Waals surface area contributed by atoms with Crippen LogP contribution < -0.4 is 5.32 Å². The summed E-state index contributed by atoms with van der Waals surface area (Å²) in [6, 6.07) is 0.0224. The van der Waals surface area contributed by atoms with E-state index in [0.717, 1.165) is 19.3 Å². The van der Waals surface area contributed by atoms with Crippen molar-refractivity contribution in [3.05, 3.63) is 0 Å². The van der Waals surface area contributed by atoms with Gasteiger partial charge < -0.3 is 20.6 Å². The molecule has 4 N–H and O–H groups in total. The van der Waals surface area contributed by atoms with Crippen molar-refractivity contribution in [3.8, 4) is 0 Å². The normalized spacial score (nSPS) is 50.8. The molecule has 3 rings (SSSR count). The molecule has 0 aromatic rings. The second-order valence-electron chi connectivity index (χ2n) is 9.03. The molecule has 0 aromatic heterocycles. The molecule has 0 spiro atoms. The van der Waals surface area contributed by atoms with Gasteiger partial charge in [-0.15, -0.1) is 0 Å². The summed E-state index contributed by atoms with van der Waals surface area (Å²) < 4.78 is 0. The van der Waals surface area contributed by atoms with Gasteiger partial charge in [-0.05, 0) is 54.8 Å². The summed E-state index contributed by atoms with van der Waals surface area (Å²) in [6.45, 7) is 5.65. The zero-order valence-electron chi connectivity index (χ0n) is 15.8. The van der Waals surface area contributed by atoms with Crippen LogP contribution in [0, 0.1) is 35.5 Å². The van der Waals surface area contributed by atoms with Crippen molar-refractivity contribution in [3.63, 3.8) is 0 Å². The van der Waals surface area contributed by atoms with Crippen LogP contribution in [0.15, 0.2) is 0 Å². The Hall–Kier alpha value is -0.650. The lowest BCUT2D eigenvalue weighted by Crippen LogP contribution is -2.60. The van der Waals surface area contributed by atoms with E-state index in [0.29, 0.717) is 18.3 Å². The Labute approximate surface area is 151 Å². The lowest BCUT2D eigenvalue weighted by molar-refractivity contribution is -0.160. The fourth-order valence-electron chi connectivity index (χ4n) is 6.25. The molecule has 10 atom stereocenters. The van der Waals surface area contributed by atoms with Crippen molar-refractivity contribution in [2.24, 2.45) is 35.5 Å². The molecule has 0 aromatic carbocycles. The molecule has 3 aliphatic carbocycles. The second kappa shape index (κ2) is 7.53. The molecule has 5 nitrogen and oxygen atoms in total. The van der Waals surface area contributed by atoms with Crippen LogP contribution in [0.2, 0.25) is 0 Å². The highest BCUT2D eigenvalue weighted by Crippen LogP contribution is 2.51. The zero-order valence-corrected chi connectivity index (χ0v) is 15.8. The van der Waals surface area contributed by atoms with Crippen molar-refractivity contribution in [1.29, 1.82) is 0 Å². The number of amides is 1. The summed E-state index contributed by atoms with van der Waals surface area (Å²) in [6.07, 6.45) is 4.05. The third kappa shape index (κ3) is 3.60. The molecular weight excluding hydrogens is 318 g/mol. The SMILES string of the molecule is CC(=O)NC1CC(C)C(O)C(C2C(O)C(O)CC3CCCCC32)C1C. The minimum absolute atomic E-state index is 0.0224. The first-order chi connectivity index (χ1) is 11.8. The molecule has 144 valence electrons. The fourth-order valence-corrected chi connectivity index (χ4v) is 6.25. The molecule has 10 unspecified atom stereocenters. The van der Waals surface area contributed by atoms with Crippen molar-refractivity contribution in [1.82, 2.24) is 5.32 Å². The topological polar surface area (TPSA) is 89.8 Å². The van der Waals surface area contributed by atoms with Gasteiger partial charge in [0.1, 0.15) is 0 Å². The van der Waals surface area contributed by atoms with Crippen LogP contribution in [0.25, 0.3) is 0 Å². The minimum Gasteiger partial charge on any atom is -0.393 e. The van der Waals surface area contributed by atoms with Crippen LogP contribution in [0.3, 0.4) is 0 Å². The summed E-state index contributed by atoms with van der Waals surface area (Å²) >= 11 is 0. The van der Waals surface area contributed by atoms with Gasteiger partial charge in [0.05, 0.1) is 18.3 Å². The van der Waals surface area contributed by atoms with Crippen molar-refractivity contribution in [2.75, 3.05) is 0 Å². The van der Waals surface area contributed by atoms with Gasteiger partial charge in [-0.25, -0.2) is 0 Å². The average Bonchev–Trinajstić information content (AvgIpc) is 2.55. The first-order valence-corrected chi connectivity index (χ1v) is 10.1. The number of carbonyl (C=O) groups is 1. The molecule has 5 heteroatoms. The maximum Gasteiger partial charge on any atom is 0.217 e. The number of aliphatic hydroxyl groups excluding tert-OH is 3.